The largest absolute Gasteiger partial charge is 0.385 e. The van der Waals surface area contributed by atoms with Crippen molar-refractivity contribution in [2.24, 2.45) is 0 Å². The van der Waals surface area contributed by atoms with Crippen LogP contribution in [-0.4, -0.2) is 29.3 Å². The molecule has 4 rings (SSSR count). The standard InChI is InChI=1S/C26H34N4O.ClH/c31-26-24-16-7-6-15-23(24)25(29-30-26)20-11-10-14-22(19-20)28-18-9-3-8-17-27-21-12-4-1-2-5-13-21;/h6-7,10-11,14-16,19,21,27-28H,1-5,8-9,12-13,17-18H2,(H,30,31);1H. The van der Waals surface area contributed by atoms with Crippen LogP contribution < -0.4 is 16.2 Å². The molecule has 3 aromatic rings. The number of H-pyrrole nitrogens is 1. The summed E-state index contributed by atoms with van der Waals surface area (Å²) in [6.45, 7) is 2.11. The van der Waals surface area contributed by atoms with Gasteiger partial charge in [-0.15, -0.1) is 12.4 Å². The molecule has 0 radical (unpaired) electrons. The van der Waals surface area contributed by atoms with Gasteiger partial charge in [-0.3, -0.25) is 4.79 Å². The molecule has 0 unspecified atom stereocenters. The number of nitrogens with zero attached hydrogens (tertiary/aromatic N) is 1. The molecule has 0 saturated heterocycles. The lowest BCUT2D eigenvalue weighted by molar-refractivity contribution is 0.450. The van der Waals surface area contributed by atoms with Gasteiger partial charge in [0, 0.05) is 29.2 Å². The molecule has 1 aliphatic rings. The van der Waals surface area contributed by atoms with Gasteiger partial charge in [-0.25, -0.2) is 5.10 Å². The highest BCUT2D eigenvalue weighted by molar-refractivity contribution is 5.94. The molecule has 32 heavy (non-hydrogen) atoms. The Morgan fingerprint density at radius 1 is 0.875 bits per heavy atom. The molecule has 0 amide bonds. The first kappa shape index (κ1) is 24.3. The van der Waals surface area contributed by atoms with Crippen molar-refractivity contribution in [3.63, 3.8) is 0 Å². The number of aromatic amines is 1. The van der Waals surface area contributed by atoms with Crippen LogP contribution in [0.15, 0.2) is 53.3 Å². The van der Waals surface area contributed by atoms with Crippen LogP contribution in [0, 0.1) is 0 Å². The predicted octanol–water partition coefficient (Wildman–Crippen LogP) is 5.91. The first-order chi connectivity index (χ1) is 15.3. The number of aromatic nitrogens is 2. The maximum Gasteiger partial charge on any atom is 0.272 e. The van der Waals surface area contributed by atoms with Crippen molar-refractivity contribution in [1.82, 2.24) is 15.5 Å². The van der Waals surface area contributed by atoms with Gasteiger partial charge in [0.2, 0.25) is 0 Å². The molecule has 1 aromatic heterocycles. The lowest BCUT2D eigenvalue weighted by Crippen LogP contribution is -2.29. The van der Waals surface area contributed by atoms with Crippen molar-refractivity contribution in [1.29, 1.82) is 0 Å². The number of benzene rings is 2. The number of nitrogens with one attached hydrogen (secondary N) is 3. The Balaban J connectivity index is 0.00000289. The van der Waals surface area contributed by atoms with E-state index in [0.29, 0.717) is 5.39 Å². The number of hydrogen-bond acceptors (Lipinski definition) is 4. The van der Waals surface area contributed by atoms with E-state index in [2.05, 4.69) is 33.0 Å². The average Bonchev–Trinajstić information content (AvgIpc) is 3.08. The molecular weight excluding hydrogens is 420 g/mol. The Morgan fingerprint density at radius 2 is 1.62 bits per heavy atom. The Bertz CT molecular complexity index is 1030. The minimum atomic E-state index is -0.151. The van der Waals surface area contributed by atoms with Crippen molar-refractivity contribution >= 4 is 28.9 Å². The lowest BCUT2D eigenvalue weighted by atomic mass is 10.0. The molecule has 5 nitrogen and oxygen atoms in total. The van der Waals surface area contributed by atoms with Gasteiger partial charge in [-0.1, -0.05) is 62.4 Å². The number of fused-ring (bicyclic) bond motifs is 1. The Hall–Kier alpha value is -2.37. The van der Waals surface area contributed by atoms with Crippen LogP contribution in [-0.2, 0) is 0 Å². The van der Waals surface area contributed by atoms with Gasteiger partial charge in [-0.05, 0) is 50.4 Å². The van der Waals surface area contributed by atoms with Crippen molar-refractivity contribution < 1.29 is 0 Å². The van der Waals surface area contributed by atoms with E-state index in [-0.39, 0.29) is 18.0 Å². The predicted molar refractivity (Wildman–Crippen MR) is 137 cm³/mol. The van der Waals surface area contributed by atoms with Crippen LogP contribution >= 0.6 is 12.4 Å². The summed E-state index contributed by atoms with van der Waals surface area (Å²) < 4.78 is 0. The number of anilines is 1. The highest BCUT2D eigenvalue weighted by Gasteiger charge is 2.11. The fraction of sp³-hybridized carbons (Fsp3) is 0.462. The van der Waals surface area contributed by atoms with Crippen LogP contribution in [0.25, 0.3) is 22.0 Å². The lowest BCUT2D eigenvalue weighted by Gasteiger charge is -2.16. The van der Waals surface area contributed by atoms with Crippen LogP contribution in [0.4, 0.5) is 5.69 Å². The Kier molecular flexibility index (Phi) is 9.57. The third-order valence-electron chi connectivity index (χ3n) is 6.30. The van der Waals surface area contributed by atoms with Gasteiger partial charge in [-0.2, -0.15) is 5.10 Å². The molecule has 1 heterocycles. The summed E-state index contributed by atoms with van der Waals surface area (Å²) in [6.07, 6.45) is 12.0. The molecule has 0 aliphatic heterocycles. The van der Waals surface area contributed by atoms with Crippen molar-refractivity contribution in [2.45, 2.75) is 63.8 Å². The summed E-state index contributed by atoms with van der Waals surface area (Å²) in [5.74, 6) is 0. The van der Waals surface area contributed by atoms with Crippen molar-refractivity contribution in [2.75, 3.05) is 18.4 Å². The minimum absolute atomic E-state index is 0. The average molecular weight is 455 g/mol. The highest BCUT2D eigenvalue weighted by atomic mass is 35.5. The maximum atomic E-state index is 12.0. The van der Waals surface area contributed by atoms with E-state index < -0.39 is 0 Å². The van der Waals surface area contributed by atoms with E-state index in [1.807, 2.05) is 36.4 Å². The summed E-state index contributed by atoms with van der Waals surface area (Å²) in [5.41, 5.74) is 2.75. The second-order valence-corrected chi connectivity index (χ2v) is 8.66. The van der Waals surface area contributed by atoms with E-state index in [1.165, 1.54) is 51.4 Å². The van der Waals surface area contributed by atoms with E-state index in [4.69, 9.17) is 0 Å². The van der Waals surface area contributed by atoms with E-state index >= 15 is 0 Å². The molecular formula is C26H35ClN4O. The number of unbranched alkanes of at least 4 members (excludes halogenated alkanes) is 2. The van der Waals surface area contributed by atoms with Gasteiger partial charge >= 0.3 is 0 Å². The number of rotatable bonds is 9. The van der Waals surface area contributed by atoms with Gasteiger partial charge < -0.3 is 10.6 Å². The van der Waals surface area contributed by atoms with Gasteiger partial charge in [0.05, 0.1) is 11.1 Å². The Morgan fingerprint density at radius 3 is 2.44 bits per heavy atom. The smallest absolute Gasteiger partial charge is 0.272 e. The van der Waals surface area contributed by atoms with E-state index in [0.717, 1.165) is 47.9 Å². The van der Waals surface area contributed by atoms with Crippen LogP contribution in [0.2, 0.25) is 0 Å². The minimum Gasteiger partial charge on any atom is -0.385 e. The molecule has 6 heteroatoms. The number of hydrogen-bond donors (Lipinski definition) is 3. The van der Waals surface area contributed by atoms with Crippen LogP contribution in [0.3, 0.4) is 0 Å². The second kappa shape index (κ2) is 12.6. The first-order valence-electron chi connectivity index (χ1n) is 11.9. The molecule has 172 valence electrons. The first-order valence-corrected chi connectivity index (χ1v) is 11.9. The van der Waals surface area contributed by atoms with Gasteiger partial charge in [0.15, 0.2) is 0 Å². The molecule has 0 spiro atoms. The summed E-state index contributed by atoms with van der Waals surface area (Å²) in [5, 5.41) is 15.8. The van der Waals surface area contributed by atoms with Gasteiger partial charge in [0.1, 0.15) is 0 Å². The monoisotopic (exact) mass is 454 g/mol. The highest BCUT2D eigenvalue weighted by Crippen LogP contribution is 2.26. The summed E-state index contributed by atoms with van der Waals surface area (Å²) in [4.78, 5) is 12.0. The molecule has 1 aliphatic carbocycles. The van der Waals surface area contributed by atoms with Crippen LogP contribution in [0.5, 0.6) is 0 Å². The van der Waals surface area contributed by atoms with Crippen molar-refractivity contribution in [3.05, 3.63) is 58.9 Å². The number of halogens is 1. The zero-order valence-electron chi connectivity index (χ0n) is 18.7. The molecule has 0 atom stereocenters. The summed E-state index contributed by atoms with van der Waals surface area (Å²) in [7, 11) is 0. The molecule has 3 N–H and O–H groups in total. The quantitative estimate of drug-likeness (QED) is 0.278. The normalized spacial score (nSPS) is 14.6. The maximum absolute atomic E-state index is 12.0. The Labute approximate surface area is 196 Å². The summed E-state index contributed by atoms with van der Waals surface area (Å²) >= 11 is 0. The molecule has 1 saturated carbocycles. The zero-order chi connectivity index (χ0) is 21.3. The fourth-order valence-electron chi connectivity index (χ4n) is 4.56. The second-order valence-electron chi connectivity index (χ2n) is 8.66. The molecule has 0 bridgehead atoms. The zero-order valence-corrected chi connectivity index (χ0v) is 19.6. The van der Waals surface area contributed by atoms with E-state index in [1.54, 1.807) is 0 Å². The third kappa shape index (κ3) is 6.57. The third-order valence-corrected chi connectivity index (χ3v) is 6.30. The summed E-state index contributed by atoms with van der Waals surface area (Å²) in [6, 6.07) is 16.6. The van der Waals surface area contributed by atoms with Crippen molar-refractivity contribution in [3.8, 4) is 11.3 Å². The molecule has 2 aromatic carbocycles. The van der Waals surface area contributed by atoms with Gasteiger partial charge in [0.25, 0.3) is 5.56 Å². The van der Waals surface area contributed by atoms with E-state index in [9.17, 15) is 4.79 Å². The molecule has 1 fully saturated rings. The topological polar surface area (TPSA) is 69.8 Å². The van der Waals surface area contributed by atoms with Crippen LogP contribution in [0.1, 0.15) is 57.8 Å². The fourth-order valence-corrected chi connectivity index (χ4v) is 4.56. The SMILES string of the molecule is Cl.O=c1[nH]nc(-c2cccc(NCCCCCNC3CCCCCC3)c2)c2ccccc12.